The molecule has 2 aromatic heterocycles. The van der Waals surface area contributed by atoms with Crippen molar-refractivity contribution < 1.29 is 4.74 Å². The largest absolute Gasteiger partial charge is 0.490 e. The highest BCUT2D eigenvalue weighted by molar-refractivity contribution is 7.99. The van der Waals surface area contributed by atoms with Gasteiger partial charge in [0.1, 0.15) is 6.33 Å². The molecule has 8 nitrogen and oxygen atoms in total. The molecule has 0 aromatic carbocycles. The number of hydrogen-bond acceptors (Lipinski definition) is 8. The van der Waals surface area contributed by atoms with E-state index in [-0.39, 0.29) is 5.82 Å². The maximum absolute atomic E-state index is 5.65. The summed E-state index contributed by atoms with van der Waals surface area (Å²) in [6.07, 6.45) is 1.37. The fourth-order valence-corrected chi connectivity index (χ4v) is 1.83. The second kappa shape index (κ2) is 4.31. The average molecular weight is 239 g/mol. The van der Waals surface area contributed by atoms with Crippen molar-refractivity contribution in [1.82, 2.24) is 30.2 Å². The Labute approximate surface area is 95.2 Å². The van der Waals surface area contributed by atoms with Crippen molar-refractivity contribution in [3.63, 3.8) is 0 Å². The van der Waals surface area contributed by atoms with E-state index in [0.29, 0.717) is 15.9 Å². The Morgan fingerprint density at radius 1 is 1.44 bits per heavy atom. The molecule has 0 atom stereocenters. The number of aryl methyl sites for hydroxylation is 1. The molecule has 0 spiro atoms. The van der Waals surface area contributed by atoms with Crippen LogP contribution >= 0.6 is 11.8 Å². The normalized spacial score (nSPS) is 10.4. The molecule has 0 unspecified atom stereocenters. The smallest absolute Gasteiger partial charge is 0.215 e. The van der Waals surface area contributed by atoms with E-state index in [1.807, 2.05) is 0 Å². The number of nitrogens with zero attached hydrogens (tertiary/aromatic N) is 6. The van der Waals surface area contributed by atoms with Crippen molar-refractivity contribution in [2.45, 2.75) is 10.2 Å². The first kappa shape index (κ1) is 10.6. The first-order valence-corrected chi connectivity index (χ1v) is 5.08. The van der Waals surface area contributed by atoms with Crippen LogP contribution in [0.2, 0.25) is 0 Å². The number of nitrogens with two attached hydrogens (primary N) is 1. The van der Waals surface area contributed by atoms with Gasteiger partial charge < -0.3 is 10.5 Å². The minimum atomic E-state index is 0.287. The van der Waals surface area contributed by atoms with Crippen molar-refractivity contribution in [2.75, 3.05) is 12.8 Å². The standard InChI is InChI=1S/C7H9N7OS/c1-14-7(11-12-13-14)16-6-4(15-2)5(8)9-3-10-6/h3H,1-2H3,(H2,8,9,10). The third-order valence-corrected chi connectivity index (χ3v) is 2.78. The maximum atomic E-state index is 5.65. The molecule has 2 aromatic rings. The predicted molar refractivity (Wildman–Crippen MR) is 55.9 cm³/mol. The van der Waals surface area contributed by atoms with Crippen LogP contribution in [0.25, 0.3) is 0 Å². The fourth-order valence-electron chi connectivity index (χ4n) is 1.03. The van der Waals surface area contributed by atoms with Crippen LogP contribution < -0.4 is 10.5 Å². The Kier molecular flexibility index (Phi) is 2.86. The second-order valence-electron chi connectivity index (χ2n) is 2.78. The fraction of sp³-hybridized carbons (Fsp3) is 0.286. The summed E-state index contributed by atoms with van der Waals surface area (Å²) in [5.74, 6) is 0.714. The quantitative estimate of drug-likeness (QED) is 0.730. The summed E-state index contributed by atoms with van der Waals surface area (Å²) >= 11 is 1.26. The highest BCUT2D eigenvalue weighted by atomic mass is 32.2. The number of methoxy groups -OCH3 is 1. The van der Waals surface area contributed by atoms with Gasteiger partial charge in [0.15, 0.2) is 16.6 Å². The Bertz CT molecular complexity index is 499. The topological polar surface area (TPSA) is 105 Å². The van der Waals surface area contributed by atoms with Gasteiger partial charge in [-0.2, -0.15) is 0 Å². The summed E-state index contributed by atoms with van der Waals surface area (Å²) in [6, 6.07) is 0. The minimum Gasteiger partial charge on any atom is -0.490 e. The van der Waals surface area contributed by atoms with Gasteiger partial charge in [-0.25, -0.2) is 14.6 Å². The van der Waals surface area contributed by atoms with Crippen LogP contribution in [0.1, 0.15) is 0 Å². The molecule has 0 aliphatic heterocycles. The lowest BCUT2D eigenvalue weighted by atomic mass is 10.5. The number of rotatable bonds is 3. The molecule has 2 N–H and O–H groups in total. The van der Waals surface area contributed by atoms with Crippen molar-refractivity contribution in [2.24, 2.45) is 7.05 Å². The number of hydrogen-bond donors (Lipinski definition) is 1. The monoisotopic (exact) mass is 239 g/mol. The van der Waals surface area contributed by atoms with Gasteiger partial charge >= 0.3 is 0 Å². The van der Waals surface area contributed by atoms with Crippen LogP contribution in [0.5, 0.6) is 5.75 Å². The van der Waals surface area contributed by atoms with E-state index in [0.717, 1.165) is 0 Å². The molecule has 9 heteroatoms. The van der Waals surface area contributed by atoms with E-state index in [1.54, 1.807) is 7.05 Å². The maximum Gasteiger partial charge on any atom is 0.215 e. The lowest BCUT2D eigenvalue weighted by Crippen LogP contribution is -2.00. The van der Waals surface area contributed by atoms with Crippen molar-refractivity contribution in [3.05, 3.63) is 6.33 Å². The number of nitrogen functional groups attached to an aromatic ring is 1. The van der Waals surface area contributed by atoms with Crippen LogP contribution in [0, 0.1) is 0 Å². The Hall–Kier alpha value is -1.90. The predicted octanol–water partition coefficient (Wildman–Crippen LogP) is -0.258. The molecule has 0 saturated heterocycles. The highest BCUT2D eigenvalue weighted by Crippen LogP contribution is 2.33. The Morgan fingerprint density at radius 2 is 2.25 bits per heavy atom. The molecule has 0 aliphatic carbocycles. The van der Waals surface area contributed by atoms with E-state index < -0.39 is 0 Å². The SMILES string of the molecule is COc1c(N)ncnc1Sc1nnnn1C. The summed E-state index contributed by atoms with van der Waals surface area (Å²) in [5.41, 5.74) is 5.65. The lowest BCUT2D eigenvalue weighted by molar-refractivity contribution is 0.401. The van der Waals surface area contributed by atoms with E-state index in [1.165, 1.54) is 29.9 Å². The van der Waals surface area contributed by atoms with Gasteiger partial charge in [-0.05, 0) is 22.2 Å². The summed E-state index contributed by atoms with van der Waals surface area (Å²) in [6.45, 7) is 0. The molecule has 0 aliphatic rings. The van der Waals surface area contributed by atoms with Gasteiger partial charge in [0.25, 0.3) is 0 Å². The first-order chi connectivity index (χ1) is 7.72. The first-order valence-electron chi connectivity index (χ1n) is 4.27. The number of ether oxygens (including phenoxy) is 1. The molecule has 2 rings (SSSR count). The zero-order valence-electron chi connectivity index (χ0n) is 8.65. The van der Waals surface area contributed by atoms with Crippen LogP contribution in [-0.4, -0.2) is 37.3 Å². The van der Waals surface area contributed by atoms with Gasteiger partial charge in [0.2, 0.25) is 5.16 Å². The molecule has 0 fully saturated rings. The van der Waals surface area contributed by atoms with Crippen LogP contribution in [-0.2, 0) is 7.05 Å². The molecule has 0 saturated carbocycles. The van der Waals surface area contributed by atoms with Crippen LogP contribution in [0.4, 0.5) is 5.82 Å². The second-order valence-corrected chi connectivity index (χ2v) is 3.74. The summed E-state index contributed by atoms with van der Waals surface area (Å²) in [4.78, 5) is 7.90. The molecule has 84 valence electrons. The highest BCUT2D eigenvalue weighted by Gasteiger charge is 2.14. The number of tetrazole rings is 1. The molecule has 2 heterocycles. The van der Waals surface area contributed by atoms with Gasteiger partial charge in [-0.3, -0.25) is 0 Å². The lowest BCUT2D eigenvalue weighted by Gasteiger charge is -2.06. The molecular formula is C7H9N7OS. The molecule has 16 heavy (non-hydrogen) atoms. The van der Waals surface area contributed by atoms with Gasteiger partial charge in [-0.1, -0.05) is 0 Å². The summed E-state index contributed by atoms with van der Waals surface area (Å²) in [5, 5.41) is 12.2. The Balaban J connectivity index is 2.35. The Morgan fingerprint density at radius 3 is 2.88 bits per heavy atom. The molecule has 0 bridgehead atoms. The summed E-state index contributed by atoms with van der Waals surface area (Å²) in [7, 11) is 3.24. The molecule has 0 amide bonds. The van der Waals surface area contributed by atoms with E-state index in [9.17, 15) is 0 Å². The van der Waals surface area contributed by atoms with E-state index in [2.05, 4.69) is 25.5 Å². The third kappa shape index (κ3) is 1.89. The van der Waals surface area contributed by atoms with Gasteiger partial charge in [-0.15, -0.1) is 5.10 Å². The third-order valence-electron chi connectivity index (χ3n) is 1.77. The van der Waals surface area contributed by atoms with Gasteiger partial charge in [0, 0.05) is 7.05 Å². The zero-order chi connectivity index (χ0) is 11.5. The minimum absolute atomic E-state index is 0.287. The molecule has 0 radical (unpaired) electrons. The zero-order valence-corrected chi connectivity index (χ0v) is 9.47. The average Bonchev–Trinajstić information content (AvgIpc) is 2.65. The van der Waals surface area contributed by atoms with Crippen LogP contribution in [0.3, 0.4) is 0 Å². The van der Waals surface area contributed by atoms with Crippen LogP contribution in [0.15, 0.2) is 16.5 Å². The van der Waals surface area contributed by atoms with Crippen molar-refractivity contribution in [1.29, 1.82) is 0 Å². The molecular weight excluding hydrogens is 230 g/mol. The number of aromatic nitrogens is 6. The summed E-state index contributed by atoms with van der Waals surface area (Å²) < 4.78 is 6.65. The van der Waals surface area contributed by atoms with Crippen molar-refractivity contribution >= 4 is 17.6 Å². The van der Waals surface area contributed by atoms with Crippen molar-refractivity contribution in [3.8, 4) is 5.75 Å². The van der Waals surface area contributed by atoms with E-state index in [4.69, 9.17) is 10.5 Å². The number of anilines is 1. The van der Waals surface area contributed by atoms with E-state index >= 15 is 0 Å². The van der Waals surface area contributed by atoms with Gasteiger partial charge in [0.05, 0.1) is 7.11 Å².